The van der Waals surface area contributed by atoms with Crippen LogP contribution in [-0.2, 0) is 19.7 Å². The number of methoxy groups -OCH3 is 1. The molecule has 1 heterocycles. The van der Waals surface area contributed by atoms with Crippen molar-refractivity contribution in [2.24, 2.45) is 0 Å². The highest BCUT2D eigenvalue weighted by Gasteiger charge is 2.49. The highest BCUT2D eigenvalue weighted by Crippen LogP contribution is 2.44. The Bertz CT molecular complexity index is 639. The van der Waals surface area contributed by atoms with Crippen molar-refractivity contribution in [1.82, 2.24) is 4.90 Å². The summed E-state index contributed by atoms with van der Waals surface area (Å²) in [5, 5.41) is 9.19. The number of carboxylic acid groups (broad SMARTS) is 1. The second-order valence-electron chi connectivity index (χ2n) is 7.10. The standard InChI is InChI=1S/C19H24FNO4/c1-25-16-10-15(11-17(22)23)21(12-16)18(24)19(8-2-3-9-19)13-4-6-14(20)7-5-13/h4-7,15-16H,2-3,8-12H2,1H3,(H,22,23). The van der Waals surface area contributed by atoms with Crippen molar-refractivity contribution in [3.05, 3.63) is 35.6 Å². The third kappa shape index (κ3) is 3.40. The van der Waals surface area contributed by atoms with Crippen molar-refractivity contribution in [1.29, 1.82) is 0 Å². The molecule has 136 valence electrons. The fraction of sp³-hybridized carbons (Fsp3) is 0.579. The number of amides is 1. The van der Waals surface area contributed by atoms with E-state index in [1.165, 1.54) is 12.1 Å². The van der Waals surface area contributed by atoms with Crippen LogP contribution in [0.5, 0.6) is 0 Å². The van der Waals surface area contributed by atoms with Crippen LogP contribution in [0.3, 0.4) is 0 Å². The number of nitrogens with zero attached hydrogens (tertiary/aromatic N) is 1. The molecule has 25 heavy (non-hydrogen) atoms. The SMILES string of the molecule is COC1CC(CC(=O)O)N(C(=O)C2(c3ccc(F)cc3)CCCC2)C1. The van der Waals surface area contributed by atoms with Crippen LogP contribution in [0.2, 0.25) is 0 Å². The minimum absolute atomic E-state index is 0.0394. The molecule has 1 amide bonds. The van der Waals surface area contributed by atoms with Crippen molar-refractivity contribution in [2.45, 2.75) is 56.1 Å². The van der Waals surface area contributed by atoms with Crippen molar-refractivity contribution in [3.63, 3.8) is 0 Å². The fourth-order valence-electron chi connectivity index (χ4n) is 4.34. The largest absolute Gasteiger partial charge is 0.481 e. The van der Waals surface area contributed by atoms with Gasteiger partial charge in [-0.1, -0.05) is 25.0 Å². The number of rotatable bonds is 5. The van der Waals surface area contributed by atoms with Gasteiger partial charge < -0.3 is 14.7 Å². The molecule has 0 aromatic heterocycles. The van der Waals surface area contributed by atoms with Gasteiger partial charge in [0.05, 0.1) is 17.9 Å². The number of carboxylic acids is 1. The smallest absolute Gasteiger partial charge is 0.305 e. The van der Waals surface area contributed by atoms with Crippen LogP contribution in [0.25, 0.3) is 0 Å². The van der Waals surface area contributed by atoms with E-state index in [0.29, 0.717) is 25.8 Å². The molecule has 2 atom stereocenters. The van der Waals surface area contributed by atoms with E-state index in [4.69, 9.17) is 4.74 Å². The highest BCUT2D eigenvalue weighted by molar-refractivity contribution is 5.89. The summed E-state index contributed by atoms with van der Waals surface area (Å²) >= 11 is 0. The average molecular weight is 349 g/mol. The highest BCUT2D eigenvalue weighted by atomic mass is 19.1. The number of likely N-dealkylation sites (tertiary alicyclic amines) is 1. The van der Waals surface area contributed by atoms with Crippen LogP contribution in [-0.4, -0.2) is 47.7 Å². The first-order valence-corrected chi connectivity index (χ1v) is 8.78. The lowest BCUT2D eigenvalue weighted by molar-refractivity contribution is -0.142. The third-order valence-corrected chi connectivity index (χ3v) is 5.64. The summed E-state index contributed by atoms with van der Waals surface area (Å²) in [6.45, 7) is 0.413. The van der Waals surface area contributed by atoms with Crippen LogP contribution in [0.15, 0.2) is 24.3 Å². The molecular formula is C19H24FNO4. The van der Waals surface area contributed by atoms with Crippen LogP contribution >= 0.6 is 0 Å². The van der Waals surface area contributed by atoms with Gasteiger partial charge in [0.1, 0.15) is 5.82 Å². The molecule has 1 saturated carbocycles. The Labute approximate surface area is 146 Å². The van der Waals surface area contributed by atoms with E-state index in [-0.39, 0.29) is 30.3 Å². The zero-order valence-electron chi connectivity index (χ0n) is 14.4. The predicted octanol–water partition coefficient (Wildman–Crippen LogP) is 2.73. The van der Waals surface area contributed by atoms with Crippen molar-refractivity contribution in [3.8, 4) is 0 Å². The Balaban J connectivity index is 1.91. The molecule has 1 aromatic rings. The molecule has 1 aromatic carbocycles. The predicted molar refractivity (Wildman–Crippen MR) is 89.7 cm³/mol. The van der Waals surface area contributed by atoms with Crippen LogP contribution < -0.4 is 0 Å². The molecule has 1 aliphatic heterocycles. The number of halogens is 1. The summed E-state index contributed by atoms with van der Waals surface area (Å²) < 4.78 is 18.7. The quantitative estimate of drug-likeness (QED) is 0.888. The number of hydrogen-bond acceptors (Lipinski definition) is 3. The Kier molecular flexibility index (Phi) is 5.08. The number of carbonyl (C=O) groups excluding carboxylic acids is 1. The normalized spacial score (nSPS) is 25.3. The summed E-state index contributed by atoms with van der Waals surface area (Å²) in [5.74, 6) is -1.28. The molecule has 3 rings (SSSR count). The van der Waals surface area contributed by atoms with Crippen molar-refractivity contribution >= 4 is 11.9 Å². The van der Waals surface area contributed by atoms with Gasteiger partial charge in [-0.3, -0.25) is 9.59 Å². The Morgan fingerprint density at radius 2 is 1.92 bits per heavy atom. The molecular weight excluding hydrogens is 325 g/mol. The molecule has 1 aliphatic carbocycles. The van der Waals surface area contributed by atoms with Gasteiger partial charge in [0.25, 0.3) is 0 Å². The molecule has 0 bridgehead atoms. The fourth-order valence-corrected chi connectivity index (χ4v) is 4.34. The first-order valence-electron chi connectivity index (χ1n) is 8.78. The summed E-state index contributed by atoms with van der Waals surface area (Å²) in [6, 6.07) is 5.80. The van der Waals surface area contributed by atoms with Gasteiger partial charge in [-0.15, -0.1) is 0 Å². The van der Waals surface area contributed by atoms with E-state index in [0.717, 1.165) is 18.4 Å². The first kappa shape index (κ1) is 17.9. The van der Waals surface area contributed by atoms with Gasteiger partial charge in [0.2, 0.25) is 5.91 Å². The van der Waals surface area contributed by atoms with E-state index in [2.05, 4.69) is 0 Å². The number of benzene rings is 1. The van der Waals surface area contributed by atoms with E-state index >= 15 is 0 Å². The maximum Gasteiger partial charge on any atom is 0.305 e. The number of carbonyl (C=O) groups is 2. The van der Waals surface area contributed by atoms with Gasteiger partial charge in [-0.05, 0) is 37.0 Å². The molecule has 5 nitrogen and oxygen atoms in total. The van der Waals surface area contributed by atoms with Crippen LogP contribution in [0.1, 0.15) is 44.1 Å². The zero-order chi connectivity index (χ0) is 18.0. The van der Waals surface area contributed by atoms with Crippen molar-refractivity contribution < 1.29 is 23.8 Å². The van der Waals surface area contributed by atoms with Gasteiger partial charge in [-0.25, -0.2) is 4.39 Å². The number of aliphatic carboxylic acids is 1. The lowest BCUT2D eigenvalue weighted by Gasteiger charge is -2.35. The Hall–Kier alpha value is -1.95. The van der Waals surface area contributed by atoms with Crippen LogP contribution in [0, 0.1) is 5.82 Å². The molecule has 2 unspecified atom stereocenters. The van der Waals surface area contributed by atoms with Crippen LogP contribution in [0.4, 0.5) is 4.39 Å². The van der Waals surface area contributed by atoms with E-state index in [1.807, 2.05) is 0 Å². The topological polar surface area (TPSA) is 66.8 Å². The summed E-state index contributed by atoms with van der Waals surface area (Å²) in [6.07, 6.45) is 3.62. The second kappa shape index (κ2) is 7.12. The average Bonchev–Trinajstić information content (AvgIpc) is 3.22. The monoisotopic (exact) mass is 349 g/mol. The maximum absolute atomic E-state index is 13.5. The minimum Gasteiger partial charge on any atom is -0.481 e. The second-order valence-corrected chi connectivity index (χ2v) is 7.10. The molecule has 2 fully saturated rings. The summed E-state index contributed by atoms with van der Waals surface area (Å²) in [7, 11) is 1.59. The van der Waals surface area contributed by atoms with Crippen molar-refractivity contribution in [2.75, 3.05) is 13.7 Å². The molecule has 1 saturated heterocycles. The van der Waals surface area contributed by atoms with Gasteiger partial charge in [0, 0.05) is 19.7 Å². The van der Waals surface area contributed by atoms with Gasteiger partial charge in [-0.2, -0.15) is 0 Å². The Morgan fingerprint density at radius 3 is 2.48 bits per heavy atom. The molecule has 2 aliphatic rings. The summed E-state index contributed by atoms with van der Waals surface area (Å²) in [4.78, 5) is 26.4. The molecule has 6 heteroatoms. The Morgan fingerprint density at radius 1 is 1.28 bits per heavy atom. The van der Waals surface area contributed by atoms with E-state index < -0.39 is 11.4 Å². The minimum atomic E-state index is -0.915. The zero-order valence-corrected chi connectivity index (χ0v) is 14.4. The first-order chi connectivity index (χ1) is 12.0. The molecule has 1 N–H and O–H groups in total. The van der Waals surface area contributed by atoms with E-state index in [9.17, 15) is 19.1 Å². The lowest BCUT2D eigenvalue weighted by atomic mass is 9.77. The summed E-state index contributed by atoms with van der Waals surface area (Å²) in [5.41, 5.74) is 0.152. The molecule has 0 spiro atoms. The maximum atomic E-state index is 13.5. The molecule has 0 radical (unpaired) electrons. The van der Waals surface area contributed by atoms with Gasteiger partial charge >= 0.3 is 5.97 Å². The number of hydrogen-bond donors (Lipinski definition) is 1. The lowest BCUT2D eigenvalue weighted by Crippen LogP contribution is -2.48. The third-order valence-electron chi connectivity index (χ3n) is 5.64. The van der Waals surface area contributed by atoms with E-state index in [1.54, 1.807) is 24.1 Å². The number of ether oxygens (including phenoxy) is 1. The van der Waals surface area contributed by atoms with Gasteiger partial charge in [0.15, 0.2) is 0 Å².